The van der Waals surface area contributed by atoms with E-state index in [9.17, 15) is 34.4 Å². The third-order valence-corrected chi connectivity index (χ3v) is 4.44. The number of fused-ring (bicyclic) bond motifs is 1. The second-order valence-corrected chi connectivity index (χ2v) is 6.50. The first-order valence-corrected chi connectivity index (χ1v) is 8.78. The molecule has 31 heavy (non-hydrogen) atoms. The van der Waals surface area contributed by atoms with E-state index in [0.717, 1.165) is 36.4 Å². The Morgan fingerprint density at radius 2 is 1.65 bits per heavy atom. The average Bonchev–Trinajstić information content (AvgIpc) is 2.71. The molecule has 0 aliphatic rings. The van der Waals surface area contributed by atoms with Crippen molar-refractivity contribution >= 4 is 16.9 Å². The van der Waals surface area contributed by atoms with Crippen LogP contribution in [0.15, 0.2) is 63.8 Å². The van der Waals surface area contributed by atoms with Crippen LogP contribution in [0.25, 0.3) is 22.3 Å². The van der Waals surface area contributed by atoms with E-state index in [4.69, 9.17) is 9.15 Å². The lowest BCUT2D eigenvalue weighted by molar-refractivity contribution is 0.0726. The van der Waals surface area contributed by atoms with Crippen LogP contribution in [0.3, 0.4) is 0 Å². The number of hydrogen-bond acceptors (Lipinski definition) is 8. The number of carbonyl (C=O) groups is 1. The fourth-order valence-corrected chi connectivity index (χ4v) is 2.99. The maximum Gasteiger partial charge on any atom is 0.346 e. The van der Waals surface area contributed by atoms with E-state index in [1.54, 1.807) is 0 Å². The molecule has 0 fully saturated rings. The van der Waals surface area contributed by atoms with Crippen molar-refractivity contribution in [1.82, 2.24) is 0 Å². The molecule has 4 N–H and O–H groups in total. The molecule has 0 amide bonds. The largest absolute Gasteiger partial charge is 0.508 e. The van der Waals surface area contributed by atoms with Crippen molar-refractivity contribution < 1.29 is 38.8 Å². The minimum Gasteiger partial charge on any atom is -0.508 e. The number of ether oxygens (including phenoxy) is 1. The Balaban J connectivity index is 1.98. The second-order valence-electron chi connectivity index (χ2n) is 6.50. The van der Waals surface area contributed by atoms with Gasteiger partial charge in [-0.25, -0.2) is 9.18 Å². The fraction of sp³-hybridized carbons (Fsp3) is 0. The standard InChI is InChI=1S/C22H13FO8/c23-13-4-2-1-3-12(13)22(29)31-21-19(28)18-16(27)8-11(24)9-17(18)30-20(21)10-5-6-14(25)15(26)7-10/h1-9,24-27H. The number of phenols is 4. The van der Waals surface area contributed by atoms with Gasteiger partial charge in [-0.2, -0.15) is 0 Å². The van der Waals surface area contributed by atoms with Crippen LogP contribution in [0.2, 0.25) is 0 Å². The summed E-state index contributed by atoms with van der Waals surface area (Å²) in [6.07, 6.45) is 0. The summed E-state index contributed by atoms with van der Waals surface area (Å²) in [5, 5.41) is 38.8. The van der Waals surface area contributed by atoms with E-state index >= 15 is 0 Å². The third kappa shape index (κ3) is 3.48. The molecular formula is C22H13FO8. The molecule has 0 aliphatic carbocycles. The summed E-state index contributed by atoms with van der Waals surface area (Å²) in [7, 11) is 0. The molecule has 9 heteroatoms. The van der Waals surface area contributed by atoms with E-state index < -0.39 is 51.5 Å². The Bertz CT molecular complexity index is 1410. The molecule has 1 heterocycles. The molecule has 8 nitrogen and oxygen atoms in total. The van der Waals surface area contributed by atoms with Crippen molar-refractivity contribution in [3.63, 3.8) is 0 Å². The molecular weight excluding hydrogens is 411 g/mol. The summed E-state index contributed by atoms with van der Waals surface area (Å²) in [6, 6.07) is 10.3. The Morgan fingerprint density at radius 3 is 2.35 bits per heavy atom. The molecule has 1 aromatic heterocycles. The van der Waals surface area contributed by atoms with Gasteiger partial charge in [-0.05, 0) is 30.3 Å². The monoisotopic (exact) mass is 424 g/mol. The first-order valence-electron chi connectivity index (χ1n) is 8.78. The summed E-state index contributed by atoms with van der Waals surface area (Å²) >= 11 is 0. The van der Waals surface area contributed by atoms with Gasteiger partial charge in [0.15, 0.2) is 17.3 Å². The zero-order chi connectivity index (χ0) is 22.3. The maximum atomic E-state index is 14.0. The minimum atomic E-state index is -1.20. The summed E-state index contributed by atoms with van der Waals surface area (Å²) < 4.78 is 24.8. The van der Waals surface area contributed by atoms with Crippen molar-refractivity contribution in [1.29, 1.82) is 0 Å². The summed E-state index contributed by atoms with van der Waals surface area (Å²) in [5.41, 5.74) is -1.65. The first kappa shape index (κ1) is 19.8. The summed E-state index contributed by atoms with van der Waals surface area (Å²) in [6.45, 7) is 0. The number of aromatic hydroxyl groups is 4. The van der Waals surface area contributed by atoms with Gasteiger partial charge in [-0.15, -0.1) is 0 Å². The van der Waals surface area contributed by atoms with Crippen LogP contribution in [-0.4, -0.2) is 26.4 Å². The zero-order valence-electron chi connectivity index (χ0n) is 15.5. The smallest absolute Gasteiger partial charge is 0.346 e. The first-order chi connectivity index (χ1) is 14.8. The van der Waals surface area contributed by atoms with Gasteiger partial charge < -0.3 is 29.6 Å². The van der Waals surface area contributed by atoms with E-state index in [0.29, 0.717) is 0 Å². The molecule has 0 saturated heterocycles. The number of carbonyl (C=O) groups excluding carboxylic acids is 1. The van der Waals surface area contributed by atoms with E-state index in [1.807, 2.05) is 0 Å². The number of halogens is 1. The normalized spacial score (nSPS) is 10.9. The predicted octanol–water partition coefficient (Wildman–Crippen LogP) is 3.64. The third-order valence-electron chi connectivity index (χ3n) is 4.44. The zero-order valence-corrected chi connectivity index (χ0v) is 15.5. The molecule has 0 saturated carbocycles. The molecule has 4 aromatic rings. The van der Waals surface area contributed by atoms with Gasteiger partial charge in [0, 0.05) is 17.7 Å². The van der Waals surface area contributed by atoms with E-state index in [1.165, 1.54) is 18.2 Å². The highest BCUT2D eigenvalue weighted by Gasteiger charge is 2.25. The molecule has 0 atom stereocenters. The van der Waals surface area contributed by atoms with E-state index in [-0.39, 0.29) is 22.3 Å². The Hall–Kier alpha value is -4.53. The quantitative estimate of drug-likeness (QED) is 0.289. The van der Waals surface area contributed by atoms with Crippen LogP contribution in [-0.2, 0) is 0 Å². The second kappa shape index (κ2) is 7.38. The van der Waals surface area contributed by atoms with Crippen molar-refractivity contribution in [3.05, 3.63) is 76.2 Å². The maximum absolute atomic E-state index is 14.0. The Kier molecular flexibility index (Phi) is 4.70. The predicted molar refractivity (Wildman–Crippen MR) is 106 cm³/mol. The molecule has 0 spiro atoms. The number of rotatable bonds is 3. The number of esters is 1. The van der Waals surface area contributed by atoms with Gasteiger partial charge in [0.2, 0.25) is 11.2 Å². The van der Waals surface area contributed by atoms with Crippen LogP contribution in [0.5, 0.6) is 28.7 Å². The van der Waals surface area contributed by atoms with Crippen LogP contribution in [0.1, 0.15) is 10.4 Å². The van der Waals surface area contributed by atoms with Crippen LogP contribution in [0, 0.1) is 5.82 Å². The van der Waals surface area contributed by atoms with E-state index in [2.05, 4.69) is 0 Å². The highest BCUT2D eigenvalue weighted by atomic mass is 19.1. The number of hydrogen-bond donors (Lipinski definition) is 4. The molecule has 0 unspecified atom stereocenters. The summed E-state index contributed by atoms with van der Waals surface area (Å²) in [4.78, 5) is 25.6. The van der Waals surface area contributed by atoms with Crippen LogP contribution in [0.4, 0.5) is 4.39 Å². The lowest BCUT2D eigenvalue weighted by Gasteiger charge is -2.12. The van der Waals surface area contributed by atoms with Crippen LogP contribution < -0.4 is 10.2 Å². The Morgan fingerprint density at radius 1 is 0.903 bits per heavy atom. The van der Waals surface area contributed by atoms with Crippen molar-refractivity contribution in [2.45, 2.75) is 0 Å². The van der Waals surface area contributed by atoms with Gasteiger partial charge in [0.1, 0.15) is 28.3 Å². The molecule has 0 radical (unpaired) electrons. The van der Waals surface area contributed by atoms with Crippen molar-refractivity contribution in [2.24, 2.45) is 0 Å². The van der Waals surface area contributed by atoms with Gasteiger partial charge in [-0.3, -0.25) is 4.79 Å². The van der Waals surface area contributed by atoms with Gasteiger partial charge >= 0.3 is 5.97 Å². The lowest BCUT2D eigenvalue weighted by atomic mass is 10.1. The molecule has 3 aromatic carbocycles. The number of phenolic OH excluding ortho intramolecular Hbond substituents is 4. The van der Waals surface area contributed by atoms with Gasteiger partial charge in [-0.1, -0.05) is 12.1 Å². The van der Waals surface area contributed by atoms with Crippen molar-refractivity contribution in [2.75, 3.05) is 0 Å². The SMILES string of the molecule is O=C(Oc1c(-c2ccc(O)c(O)c2)oc2cc(O)cc(O)c2c1=O)c1ccccc1F. The lowest BCUT2D eigenvalue weighted by Crippen LogP contribution is -2.17. The topological polar surface area (TPSA) is 137 Å². The van der Waals surface area contributed by atoms with Crippen molar-refractivity contribution in [3.8, 4) is 40.1 Å². The minimum absolute atomic E-state index is 0.0217. The highest BCUT2D eigenvalue weighted by molar-refractivity contribution is 5.94. The average molecular weight is 424 g/mol. The summed E-state index contributed by atoms with van der Waals surface area (Å²) in [5.74, 6) is -5.16. The molecule has 0 bridgehead atoms. The highest BCUT2D eigenvalue weighted by Crippen LogP contribution is 2.38. The van der Waals surface area contributed by atoms with Gasteiger partial charge in [0.05, 0.1) is 5.56 Å². The van der Waals surface area contributed by atoms with Crippen LogP contribution >= 0.6 is 0 Å². The Labute approximate surface area is 172 Å². The number of benzene rings is 3. The fourth-order valence-electron chi connectivity index (χ4n) is 2.99. The van der Waals surface area contributed by atoms with Gasteiger partial charge in [0.25, 0.3) is 0 Å². The molecule has 4 rings (SSSR count). The molecule has 0 aliphatic heterocycles. The molecule has 156 valence electrons.